The van der Waals surface area contributed by atoms with Gasteiger partial charge in [-0.1, -0.05) is 12.1 Å². The van der Waals surface area contributed by atoms with Crippen molar-refractivity contribution in [3.05, 3.63) is 59.4 Å². The van der Waals surface area contributed by atoms with Crippen LogP contribution in [0, 0.1) is 5.92 Å². The van der Waals surface area contributed by atoms with Gasteiger partial charge in [0.2, 0.25) is 0 Å². The highest BCUT2D eigenvalue weighted by Crippen LogP contribution is 2.31. The van der Waals surface area contributed by atoms with Gasteiger partial charge in [0.25, 0.3) is 0 Å². The first-order valence-electron chi connectivity index (χ1n) is 11.0. The summed E-state index contributed by atoms with van der Waals surface area (Å²) in [5.74, 6) is 0.742. The number of benzene rings is 1. The molecule has 5 nitrogen and oxygen atoms in total. The van der Waals surface area contributed by atoms with E-state index in [1.807, 2.05) is 18.5 Å². The van der Waals surface area contributed by atoms with E-state index < -0.39 is 0 Å². The number of aryl methyl sites for hydroxylation is 1. The van der Waals surface area contributed by atoms with E-state index in [0.29, 0.717) is 0 Å². The summed E-state index contributed by atoms with van der Waals surface area (Å²) in [5, 5.41) is 7.08. The van der Waals surface area contributed by atoms with Gasteiger partial charge in [-0.25, -0.2) is 0 Å². The Morgan fingerprint density at radius 2 is 2.10 bits per heavy atom. The molecule has 0 spiro atoms. The highest BCUT2D eigenvalue weighted by atomic mass is 32.1. The van der Waals surface area contributed by atoms with Gasteiger partial charge in [-0.05, 0) is 85.8 Å². The molecule has 4 rings (SSSR count). The number of hydrogen-bond donors (Lipinski definition) is 3. The molecule has 0 radical (unpaired) electrons. The normalized spacial score (nSPS) is 17.6. The third-order valence-corrected chi connectivity index (χ3v) is 6.00. The highest BCUT2D eigenvalue weighted by molar-refractivity contribution is 7.79. The molecule has 1 saturated heterocycles. The van der Waals surface area contributed by atoms with Crippen molar-refractivity contribution in [2.24, 2.45) is 5.92 Å². The SMILES string of the molecule is COC(NCC1CCNCC1)c1ccc2c(c1)CCCN2Cc1cccnc1.CS. The van der Waals surface area contributed by atoms with Crippen molar-refractivity contribution in [3.63, 3.8) is 0 Å². The van der Waals surface area contributed by atoms with Crippen molar-refractivity contribution < 1.29 is 4.74 Å². The molecule has 2 aliphatic heterocycles. The van der Waals surface area contributed by atoms with Crippen molar-refractivity contribution in [2.75, 3.05) is 44.4 Å². The maximum absolute atomic E-state index is 5.79. The summed E-state index contributed by atoms with van der Waals surface area (Å²) < 4.78 is 5.79. The van der Waals surface area contributed by atoms with E-state index in [-0.39, 0.29) is 6.23 Å². The average Bonchev–Trinajstić information content (AvgIpc) is 2.82. The molecule has 1 aromatic heterocycles. The van der Waals surface area contributed by atoms with Crippen molar-refractivity contribution in [2.45, 2.75) is 38.5 Å². The van der Waals surface area contributed by atoms with Crippen LogP contribution in [0.3, 0.4) is 0 Å². The molecule has 0 aliphatic carbocycles. The molecule has 30 heavy (non-hydrogen) atoms. The van der Waals surface area contributed by atoms with E-state index in [1.165, 1.54) is 41.6 Å². The first-order valence-corrected chi connectivity index (χ1v) is 11.9. The second-order valence-corrected chi connectivity index (χ2v) is 7.99. The summed E-state index contributed by atoms with van der Waals surface area (Å²) in [5.41, 5.74) is 5.28. The van der Waals surface area contributed by atoms with Crippen LogP contribution in [0.15, 0.2) is 42.7 Å². The minimum atomic E-state index is -0.0334. The maximum Gasteiger partial charge on any atom is 0.133 e. The first kappa shape index (κ1) is 23.1. The lowest BCUT2D eigenvalue weighted by Gasteiger charge is -2.32. The Balaban J connectivity index is 0.00000124. The third kappa shape index (κ3) is 6.20. The van der Waals surface area contributed by atoms with Crippen molar-refractivity contribution >= 4 is 18.3 Å². The zero-order chi connectivity index (χ0) is 21.2. The molecule has 1 unspecified atom stereocenters. The molecule has 1 fully saturated rings. The van der Waals surface area contributed by atoms with E-state index >= 15 is 0 Å². The lowest BCUT2D eigenvalue weighted by molar-refractivity contribution is 0.0681. The monoisotopic (exact) mass is 428 g/mol. The standard InChI is InChI=1S/C23H32N4O.CH4S/c1-28-23(26-16-18-8-11-24-12-9-18)21-6-7-22-20(14-21)5-3-13-27(22)17-19-4-2-10-25-15-19;1-2/h2,4,6-7,10,14-15,18,23-24,26H,3,5,8-9,11-13,16-17H2,1H3;2H,1H3. The van der Waals surface area contributed by atoms with Crippen LogP contribution in [0.1, 0.15) is 42.2 Å². The number of aromatic nitrogens is 1. The van der Waals surface area contributed by atoms with E-state index in [2.05, 4.69) is 57.4 Å². The molecule has 2 N–H and O–H groups in total. The topological polar surface area (TPSA) is 49.4 Å². The second-order valence-electron chi connectivity index (χ2n) is 7.99. The molecule has 0 bridgehead atoms. The summed E-state index contributed by atoms with van der Waals surface area (Å²) in [6.07, 6.45) is 10.3. The fourth-order valence-corrected chi connectivity index (χ4v) is 4.43. The molecule has 6 heteroatoms. The number of pyridine rings is 1. The fraction of sp³-hybridized carbons (Fsp3) is 0.542. The summed E-state index contributed by atoms with van der Waals surface area (Å²) >= 11 is 3.53. The quantitative estimate of drug-likeness (QED) is 0.462. The van der Waals surface area contributed by atoms with Gasteiger partial charge in [-0.15, -0.1) is 0 Å². The molecule has 2 aromatic rings. The maximum atomic E-state index is 5.79. The van der Waals surface area contributed by atoms with Crippen molar-refractivity contribution in [3.8, 4) is 0 Å². The Hall–Kier alpha value is -1.60. The lowest BCUT2D eigenvalue weighted by atomic mass is 9.96. The van der Waals surface area contributed by atoms with Gasteiger partial charge in [0.05, 0.1) is 0 Å². The number of methoxy groups -OCH3 is 1. The van der Waals surface area contributed by atoms with Gasteiger partial charge in [0, 0.05) is 44.8 Å². The number of nitrogens with zero attached hydrogens (tertiary/aromatic N) is 2. The van der Waals surface area contributed by atoms with Crippen LogP contribution in [0.25, 0.3) is 0 Å². The Labute approximate surface area is 187 Å². The van der Waals surface area contributed by atoms with Gasteiger partial charge in [-0.3, -0.25) is 10.3 Å². The Morgan fingerprint density at radius 1 is 1.27 bits per heavy atom. The van der Waals surface area contributed by atoms with Gasteiger partial charge in [0.1, 0.15) is 6.23 Å². The fourth-order valence-electron chi connectivity index (χ4n) is 4.43. The number of thiol groups is 1. The number of fused-ring (bicyclic) bond motifs is 1. The van der Waals surface area contributed by atoms with E-state index in [4.69, 9.17) is 4.74 Å². The van der Waals surface area contributed by atoms with Gasteiger partial charge >= 0.3 is 0 Å². The highest BCUT2D eigenvalue weighted by Gasteiger charge is 2.21. The molecule has 3 heterocycles. The van der Waals surface area contributed by atoms with Gasteiger partial charge in [-0.2, -0.15) is 12.6 Å². The first-order chi connectivity index (χ1) is 14.8. The van der Waals surface area contributed by atoms with Crippen LogP contribution in [0.2, 0.25) is 0 Å². The van der Waals surface area contributed by atoms with Crippen molar-refractivity contribution in [1.82, 2.24) is 15.6 Å². The van der Waals surface area contributed by atoms with Crippen LogP contribution in [0.4, 0.5) is 5.69 Å². The number of rotatable bonds is 7. The molecule has 0 saturated carbocycles. The third-order valence-electron chi connectivity index (χ3n) is 6.00. The van der Waals surface area contributed by atoms with E-state index in [0.717, 1.165) is 45.1 Å². The molecule has 164 valence electrons. The molecular weight excluding hydrogens is 392 g/mol. The molecule has 1 aromatic carbocycles. The van der Waals surface area contributed by atoms with Crippen LogP contribution < -0.4 is 15.5 Å². The zero-order valence-electron chi connectivity index (χ0n) is 18.3. The lowest BCUT2D eigenvalue weighted by Crippen LogP contribution is -2.35. The van der Waals surface area contributed by atoms with Crippen LogP contribution in [-0.2, 0) is 17.7 Å². The van der Waals surface area contributed by atoms with Gasteiger partial charge < -0.3 is 15.0 Å². The molecule has 2 aliphatic rings. The molecular formula is C24H36N4OS. The Morgan fingerprint density at radius 3 is 2.83 bits per heavy atom. The number of ether oxygens (including phenoxy) is 1. The number of anilines is 1. The predicted molar refractivity (Wildman–Crippen MR) is 128 cm³/mol. The Bertz CT molecular complexity index is 752. The number of nitrogens with one attached hydrogen (secondary N) is 2. The van der Waals surface area contributed by atoms with E-state index in [1.54, 1.807) is 13.4 Å². The minimum Gasteiger partial charge on any atom is -0.367 e. The van der Waals surface area contributed by atoms with Crippen LogP contribution in [0.5, 0.6) is 0 Å². The molecule has 1 atom stereocenters. The van der Waals surface area contributed by atoms with E-state index in [9.17, 15) is 0 Å². The second kappa shape index (κ2) is 12.3. The smallest absolute Gasteiger partial charge is 0.133 e. The molecule has 0 amide bonds. The largest absolute Gasteiger partial charge is 0.367 e. The van der Waals surface area contributed by atoms with Gasteiger partial charge in [0.15, 0.2) is 0 Å². The zero-order valence-corrected chi connectivity index (χ0v) is 19.2. The predicted octanol–water partition coefficient (Wildman–Crippen LogP) is 3.81. The average molecular weight is 429 g/mol. The minimum absolute atomic E-state index is 0.0334. The summed E-state index contributed by atoms with van der Waals surface area (Å²) in [7, 11) is 1.80. The Kier molecular flexibility index (Phi) is 9.46. The van der Waals surface area contributed by atoms with Crippen LogP contribution in [-0.4, -0.2) is 44.5 Å². The van der Waals surface area contributed by atoms with Crippen LogP contribution >= 0.6 is 12.6 Å². The number of piperidine rings is 1. The summed E-state index contributed by atoms with van der Waals surface area (Å²) in [6, 6.07) is 11.0. The number of hydrogen-bond acceptors (Lipinski definition) is 6. The summed E-state index contributed by atoms with van der Waals surface area (Å²) in [6.45, 7) is 5.31. The van der Waals surface area contributed by atoms with Crippen molar-refractivity contribution in [1.29, 1.82) is 0 Å². The summed E-state index contributed by atoms with van der Waals surface area (Å²) in [4.78, 5) is 6.73.